The molecule has 2 aliphatic carbocycles. The Morgan fingerprint density at radius 2 is 2.02 bits per heavy atom. The molecular formula is C34H42ClN3O6S. The lowest BCUT2D eigenvalue weighted by molar-refractivity contribution is -0.137. The van der Waals surface area contributed by atoms with Crippen molar-refractivity contribution in [3.63, 3.8) is 0 Å². The molecule has 2 aromatic rings. The van der Waals surface area contributed by atoms with Gasteiger partial charge in [0, 0.05) is 37.6 Å². The number of methoxy groups -OCH3 is 1. The maximum atomic E-state index is 14.5. The molecule has 6 rings (SSSR count). The fourth-order valence-electron chi connectivity index (χ4n) is 7.26. The Hall–Kier alpha value is -2.92. The molecule has 11 heteroatoms. The number of hydrogen-bond acceptors (Lipinski definition) is 7. The molecule has 2 aromatic carbocycles. The van der Waals surface area contributed by atoms with Gasteiger partial charge in [-0.05, 0) is 99.2 Å². The molecule has 1 saturated carbocycles. The molecule has 4 aliphatic rings. The number of nitrogens with one attached hydrogen (secondary N) is 1. The average molecular weight is 656 g/mol. The van der Waals surface area contributed by atoms with Crippen molar-refractivity contribution in [2.75, 3.05) is 38.3 Å². The van der Waals surface area contributed by atoms with Gasteiger partial charge in [-0.25, -0.2) is 4.21 Å². The van der Waals surface area contributed by atoms with Crippen LogP contribution in [-0.4, -0.2) is 61.1 Å². The number of ether oxygens (including phenoxy) is 3. The van der Waals surface area contributed by atoms with Gasteiger partial charge < -0.3 is 19.1 Å². The van der Waals surface area contributed by atoms with Crippen LogP contribution in [0, 0.1) is 11.8 Å². The van der Waals surface area contributed by atoms with Crippen molar-refractivity contribution in [1.82, 2.24) is 4.72 Å². The van der Waals surface area contributed by atoms with E-state index in [1.165, 1.54) is 18.1 Å². The van der Waals surface area contributed by atoms with Crippen LogP contribution in [0.5, 0.6) is 5.75 Å². The van der Waals surface area contributed by atoms with Crippen LogP contribution in [0.2, 0.25) is 5.02 Å². The van der Waals surface area contributed by atoms with Gasteiger partial charge in [-0.2, -0.15) is 0 Å². The van der Waals surface area contributed by atoms with E-state index in [2.05, 4.69) is 26.1 Å². The van der Waals surface area contributed by atoms with Gasteiger partial charge in [0.25, 0.3) is 5.91 Å². The number of rotatable bonds is 2. The minimum Gasteiger partial charge on any atom is -0.490 e. The zero-order valence-electron chi connectivity index (χ0n) is 26.3. The summed E-state index contributed by atoms with van der Waals surface area (Å²) in [5, 5.41) is 0.730. The summed E-state index contributed by atoms with van der Waals surface area (Å²) in [6, 6.07) is 11.4. The van der Waals surface area contributed by atoms with Crippen LogP contribution >= 0.6 is 11.6 Å². The first-order chi connectivity index (χ1) is 21.4. The van der Waals surface area contributed by atoms with E-state index in [-0.39, 0.29) is 23.0 Å². The molecule has 1 fully saturated rings. The van der Waals surface area contributed by atoms with Crippen LogP contribution in [0.25, 0.3) is 0 Å². The van der Waals surface area contributed by atoms with Crippen molar-refractivity contribution in [2.45, 2.75) is 74.9 Å². The van der Waals surface area contributed by atoms with Crippen molar-refractivity contribution in [2.24, 2.45) is 16.2 Å². The molecule has 0 unspecified atom stereocenters. The molecule has 2 amide bonds. The number of hydrogen-bond donors (Lipinski definition) is 1. The lowest BCUT2D eigenvalue weighted by atomic mass is 9.68. The van der Waals surface area contributed by atoms with E-state index in [1.807, 2.05) is 18.2 Å². The molecule has 0 saturated heterocycles. The fourth-order valence-corrected chi connectivity index (χ4v) is 9.09. The molecule has 5 atom stereocenters. The summed E-state index contributed by atoms with van der Waals surface area (Å²) in [5.41, 5.74) is 1.61. The van der Waals surface area contributed by atoms with Crippen LogP contribution in [0.1, 0.15) is 57.6 Å². The van der Waals surface area contributed by atoms with E-state index in [0.717, 1.165) is 49.4 Å². The van der Waals surface area contributed by atoms with Gasteiger partial charge in [0.2, 0.25) is 5.91 Å². The van der Waals surface area contributed by atoms with E-state index in [1.54, 1.807) is 39.2 Å². The van der Waals surface area contributed by atoms with Crippen molar-refractivity contribution < 1.29 is 28.0 Å². The number of carbonyl (C=O) groups excluding carboxylic acids is 2. The van der Waals surface area contributed by atoms with E-state index in [0.29, 0.717) is 30.7 Å². The van der Waals surface area contributed by atoms with Crippen molar-refractivity contribution in [1.29, 1.82) is 0 Å². The third-order valence-corrected chi connectivity index (χ3v) is 11.9. The summed E-state index contributed by atoms with van der Waals surface area (Å²) in [6.07, 6.45) is 8.83. The molecule has 2 heterocycles. The number of carbonyl (C=O) groups is 2. The Morgan fingerprint density at radius 3 is 2.76 bits per heavy atom. The number of amides is 2. The monoisotopic (exact) mass is 655 g/mol. The molecule has 1 N–H and O–H groups in total. The second-order valence-corrected chi connectivity index (χ2v) is 15.6. The number of nitrogens with zero attached hydrogens (tertiary/aromatic N) is 2. The third kappa shape index (κ3) is 6.26. The second kappa shape index (κ2) is 12.4. The molecule has 2 aliphatic heterocycles. The second-order valence-electron chi connectivity index (χ2n) is 13.3. The summed E-state index contributed by atoms with van der Waals surface area (Å²) in [5.74, 6) is 0.0161. The molecule has 1 spiro atoms. The Labute approximate surface area is 270 Å². The van der Waals surface area contributed by atoms with Gasteiger partial charge in [0.15, 0.2) is 9.92 Å². The number of benzene rings is 2. The van der Waals surface area contributed by atoms with E-state index in [4.69, 9.17) is 25.8 Å². The molecule has 0 radical (unpaired) electrons. The van der Waals surface area contributed by atoms with Crippen LogP contribution in [0.3, 0.4) is 0 Å². The molecule has 9 nitrogen and oxygen atoms in total. The summed E-state index contributed by atoms with van der Waals surface area (Å²) in [7, 11) is -1.97. The highest BCUT2D eigenvalue weighted by Crippen LogP contribution is 2.47. The largest absolute Gasteiger partial charge is 0.490 e. The predicted octanol–water partition coefficient (Wildman–Crippen LogP) is 5.62. The van der Waals surface area contributed by atoms with Crippen LogP contribution in [0.4, 0.5) is 5.69 Å². The van der Waals surface area contributed by atoms with Gasteiger partial charge in [0.05, 0.1) is 29.9 Å². The van der Waals surface area contributed by atoms with E-state index in [9.17, 15) is 13.8 Å². The SMILES string of the molecule is CO[C@H]1C=CCOC(C)(C)C(=O)N=[S@](=O)(NC(C)=O)c2ccc3c(c2)N(C[C@@H]2CC[C@H]21)C[C@@]1(CCCc2cc(Cl)ccc21)CO3. The Kier molecular flexibility index (Phi) is 8.80. The van der Waals surface area contributed by atoms with Gasteiger partial charge in [-0.3, -0.25) is 14.3 Å². The quantitative estimate of drug-likeness (QED) is 0.419. The zero-order chi connectivity index (χ0) is 32.0. The fraction of sp³-hybridized carbons (Fsp3) is 0.529. The van der Waals surface area contributed by atoms with Gasteiger partial charge in [-0.1, -0.05) is 29.8 Å². The summed E-state index contributed by atoms with van der Waals surface area (Å²) in [6.45, 7) is 6.49. The normalized spacial score (nSPS) is 31.0. The molecule has 45 heavy (non-hydrogen) atoms. The summed E-state index contributed by atoms with van der Waals surface area (Å²) < 4.78 is 39.5. The maximum absolute atomic E-state index is 14.5. The Morgan fingerprint density at radius 1 is 1.20 bits per heavy atom. The first-order valence-electron chi connectivity index (χ1n) is 15.7. The highest BCUT2D eigenvalue weighted by atomic mass is 35.5. The minimum atomic E-state index is -3.70. The lowest BCUT2D eigenvalue weighted by Crippen LogP contribution is -2.49. The average Bonchev–Trinajstić information content (AvgIpc) is 3.12. The molecule has 242 valence electrons. The van der Waals surface area contributed by atoms with Crippen LogP contribution in [0.15, 0.2) is 57.8 Å². The Bertz CT molecular complexity index is 1650. The zero-order valence-corrected chi connectivity index (χ0v) is 27.9. The first-order valence-corrected chi connectivity index (χ1v) is 17.6. The summed E-state index contributed by atoms with van der Waals surface area (Å²) in [4.78, 5) is 28.3. The number of halogens is 1. The van der Waals surface area contributed by atoms with Crippen LogP contribution in [-0.2, 0) is 40.8 Å². The van der Waals surface area contributed by atoms with Crippen LogP contribution < -0.4 is 14.4 Å². The van der Waals surface area contributed by atoms with Gasteiger partial charge >= 0.3 is 0 Å². The van der Waals surface area contributed by atoms with Gasteiger partial charge in [0.1, 0.15) is 11.4 Å². The van der Waals surface area contributed by atoms with E-state index < -0.39 is 27.3 Å². The van der Waals surface area contributed by atoms with E-state index >= 15 is 0 Å². The standard InChI is InChI=1S/C34H42ClN3O6S/c1-22(39)36-45(41)26-11-14-31-29(18-26)38(20-34(21-43-31)15-5-7-23-17-25(35)10-13-28(23)34)19-24-9-12-27(24)30(42-4)8-6-16-44-33(2,3)32(40)37-45/h6,8,10-11,13-14,17-18,24,27,30H,5,7,9,12,15-16,19-21H2,1-4H3,(H,36,37,39,40,41)/t24-,27+,30-,34-,45+/m0/s1. The topological polar surface area (TPSA) is 107 Å². The summed E-state index contributed by atoms with van der Waals surface area (Å²) >= 11 is 6.43. The molecule has 2 bridgehead atoms. The highest BCUT2D eigenvalue weighted by molar-refractivity contribution is 7.92. The number of anilines is 1. The first kappa shape index (κ1) is 32.0. The third-order valence-electron chi connectivity index (χ3n) is 9.83. The molecule has 0 aromatic heterocycles. The predicted molar refractivity (Wildman–Crippen MR) is 174 cm³/mol. The number of aryl methyl sites for hydroxylation is 1. The smallest absolute Gasteiger partial charge is 0.287 e. The maximum Gasteiger partial charge on any atom is 0.287 e. The highest BCUT2D eigenvalue weighted by Gasteiger charge is 2.44. The van der Waals surface area contributed by atoms with Crippen molar-refractivity contribution in [3.05, 3.63) is 64.7 Å². The minimum absolute atomic E-state index is 0.0946. The van der Waals surface area contributed by atoms with Crippen molar-refractivity contribution >= 4 is 39.0 Å². The number of fused-ring (bicyclic) bond motifs is 4. The Balaban J connectivity index is 1.51. The lowest BCUT2D eigenvalue weighted by Gasteiger charge is -2.46. The van der Waals surface area contributed by atoms with Gasteiger partial charge in [-0.15, -0.1) is 4.36 Å². The molecular weight excluding hydrogens is 614 g/mol. The van der Waals surface area contributed by atoms with Crippen molar-refractivity contribution in [3.8, 4) is 5.75 Å².